The van der Waals surface area contributed by atoms with Crippen LogP contribution in [0.2, 0.25) is 0 Å². The van der Waals surface area contributed by atoms with E-state index in [0.717, 1.165) is 135 Å². The average molecular weight is 1150 g/mol. The van der Waals surface area contributed by atoms with Gasteiger partial charge in [-0.25, -0.2) is 0 Å². The normalized spacial score (nSPS) is 12.9. The Bertz CT molecular complexity index is 1700. The van der Waals surface area contributed by atoms with Crippen LogP contribution in [0.25, 0.3) is 0 Å². The van der Waals surface area contributed by atoms with E-state index in [9.17, 15) is 14.4 Å². The molecule has 0 aliphatic rings. The first-order valence-corrected chi connectivity index (χ1v) is 35.0. The van der Waals surface area contributed by atoms with Crippen LogP contribution in [-0.2, 0) is 28.6 Å². The molecule has 0 aromatic rings. The van der Waals surface area contributed by atoms with Gasteiger partial charge < -0.3 is 14.2 Å². The molecule has 83 heavy (non-hydrogen) atoms. The highest BCUT2D eigenvalue weighted by Gasteiger charge is 2.19. The van der Waals surface area contributed by atoms with Gasteiger partial charge in [0.1, 0.15) is 13.2 Å². The molecule has 6 heteroatoms. The Morgan fingerprint density at radius 3 is 0.759 bits per heavy atom. The largest absolute Gasteiger partial charge is 0.462 e. The minimum absolute atomic E-state index is 0.0862. The Labute approximate surface area is 513 Å². The highest BCUT2D eigenvalue weighted by atomic mass is 16.6. The molecule has 0 saturated heterocycles. The van der Waals surface area contributed by atoms with Crippen molar-refractivity contribution < 1.29 is 28.6 Å². The molecule has 0 aliphatic heterocycles. The van der Waals surface area contributed by atoms with Crippen LogP contribution in [0.4, 0.5) is 0 Å². The predicted octanol–water partition coefficient (Wildman–Crippen LogP) is 24.3. The molecule has 0 aromatic heterocycles. The molecule has 474 valence electrons. The van der Waals surface area contributed by atoms with Gasteiger partial charge in [-0.05, 0) is 135 Å². The summed E-state index contributed by atoms with van der Waals surface area (Å²) < 4.78 is 16.9. The molecule has 0 radical (unpaired) electrons. The minimum atomic E-state index is -0.791. The van der Waals surface area contributed by atoms with Crippen molar-refractivity contribution in [3.8, 4) is 0 Å². The second-order valence-electron chi connectivity index (χ2n) is 23.1. The minimum Gasteiger partial charge on any atom is -0.462 e. The van der Waals surface area contributed by atoms with Gasteiger partial charge in [-0.2, -0.15) is 0 Å². The van der Waals surface area contributed by atoms with Gasteiger partial charge in [-0.3, -0.25) is 14.4 Å². The van der Waals surface area contributed by atoms with E-state index in [4.69, 9.17) is 14.2 Å². The number of unbranched alkanes of at least 4 members (excludes halogenated alkanes) is 32. The van der Waals surface area contributed by atoms with Crippen molar-refractivity contribution in [3.63, 3.8) is 0 Å². The van der Waals surface area contributed by atoms with Crippen molar-refractivity contribution in [3.05, 3.63) is 122 Å². The predicted molar refractivity (Wildman–Crippen MR) is 362 cm³/mol. The average Bonchev–Trinajstić information content (AvgIpc) is 3.49. The Kier molecular flexibility index (Phi) is 66.7. The van der Waals surface area contributed by atoms with E-state index in [1.54, 1.807) is 0 Å². The third kappa shape index (κ3) is 68.5. The molecular formula is C77H130O6. The zero-order valence-corrected chi connectivity index (χ0v) is 54.4. The fraction of sp³-hybridized carbons (Fsp3) is 0.701. The molecule has 0 spiro atoms. The maximum atomic E-state index is 12.9. The molecule has 1 atom stereocenters. The van der Waals surface area contributed by atoms with E-state index in [-0.39, 0.29) is 31.1 Å². The van der Waals surface area contributed by atoms with Crippen LogP contribution in [0.3, 0.4) is 0 Å². The van der Waals surface area contributed by atoms with Crippen LogP contribution >= 0.6 is 0 Å². The van der Waals surface area contributed by atoms with Crippen LogP contribution in [0.15, 0.2) is 122 Å². The molecule has 1 unspecified atom stereocenters. The molecular weight excluding hydrogens is 1020 g/mol. The number of carbonyl (C=O) groups is 3. The smallest absolute Gasteiger partial charge is 0.306 e. The Balaban J connectivity index is 4.22. The van der Waals surface area contributed by atoms with Crippen molar-refractivity contribution in [2.24, 2.45) is 0 Å². The van der Waals surface area contributed by atoms with Crippen LogP contribution in [0.5, 0.6) is 0 Å². The van der Waals surface area contributed by atoms with Crippen LogP contribution in [0, 0.1) is 0 Å². The van der Waals surface area contributed by atoms with E-state index >= 15 is 0 Å². The SMILES string of the molecule is CC/C=C\C/C=C\C/C=C\C/C=C\C/C=C\C/C=C\C/C=C\CCCCCCCCCCCCCCCC(=O)OCC(COC(=O)CCCCCCC/C=C\CCCCCCC)OC(=O)CCCCCCC/C=C\C/C=C\CCCCCC. The summed E-state index contributed by atoms with van der Waals surface area (Å²) in [5, 5.41) is 0. The topological polar surface area (TPSA) is 78.9 Å². The number of rotatable bonds is 63. The second-order valence-corrected chi connectivity index (χ2v) is 23.1. The fourth-order valence-corrected chi connectivity index (χ4v) is 9.68. The third-order valence-corrected chi connectivity index (χ3v) is 14.9. The van der Waals surface area contributed by atoms with Crippen molar-refractivity contribution in [2.75, 3.05) is 13.2 Å². The molecule has 0 rings (SSSR count). The molecule has 0 saturated carbocycles. The van der Waals surface area contributed by atoms with Gasteiger partial charge in [-0.15, -0.1) is 0 Å². The number of esters is 3. The standard InChI is InChI=1S/C77H130O6/c1-4-7-10-13-16-19-22-25-28-30-31-32-33-34-35-36-37-38-39-40-41-42-43-44-45-46-47-48-50-52-55-58-61-64-67-70-76(79)82-73-74(72-81-75(78)69-66-63-60-57-54-51-27-24-21-18-15-12-9-6-3)83-77(80)71-68-65-62-59-56-53-49-29-26-23-20-17-14-11-8-5-2/h7,10,16,19-20,23-25,27-29,31-32,34-35,37-38,40-41,49,74H,4-6,8-9,11-15,17-18,21-22,26,30,33,36,39,42-48,50-73H2,1-3H3/b10-7-,19-16-,23-20-,27-24-,28-25-,32-31-,35-34-,38-37-,41-40-,49-29-. The lowest BCUT2D eigenvalue weighted by Gasteiger charge is -2.18. The fourth-order valence-electron chi connectivity index (χ4n) is 9.68. The van der Waals surface area contributed by atoms with E-state index in [0.29, 0.717) is 19.3 Å². The number of carbonyl (C=O) groups excluding carboxylic acids is 3. The van der Waals surface area contributed by atoms with Gasteiger partial charge in [0, 0.05) is 19.3 Å². The number of hydrogen-bond donors (Lipinski definition) is 0. The summed E-state index contributed by atoms with van der Waals surface area (Å²) in [7, 11) is 0. The summed E-state index contributed by atoms with van der Waals surface area (Å²) in [6.07, 6.45) is 97.9. The lowest BCUT2D eigenvalue weighted by molar-refractivity contribution is -0.167. The number of hydrogen-bond acceptors (Lipinski definition) is 6. The molecule has 0 amide bonds. The highest BCUT2D eigenvalue weighted by molar-refractivity contribution is 5.71. The monoisotopic (exact) mass is 1150 g/mol. The van der Waals surface area contributed by atoms with Crippen molar-refractivity contribution in [2.45, 2.75) is 335 Å². The second kappa shape index (κ2) is 70.3. The van der Waals surface area contributed by atoms with Crippen LogP contribution in [0.1, 0.15) is 329 Å². The summed E-state index contributed by atoms with van der Waals surface area (Å²) in [5.41, 5.74) is 0. The van der Waals surface area contributed by atoms with Gasteiger partial charge in [-0.1, -0.05) is 296 Å². The maximum Gasteiger partial charge on any atom is 0.306 e. The summed E-state index contributed by atoms with van der Waals surface area (Å²) >= 11 is 0. The van der Waals surface area contributed by atoms with E-state index in [2.05, 4.69) is 142 Å². The van der Waals surface area contributed by atoms with Gasteiger partial charge in [0.25, 0.3) is 0 Å². The summed E-state index contributed by atoms with van der Waals surface area (Å²) in [4.78, 5) is 38.4. The van der Waals surface area contributed by atoms with Crippen molar-refractivity contribution in [1.29, 1.82) is 0 Å². The van der Waals surface area contributed by atoms with Crippen LogP contribution < -0.4 is 0 Å². The third-order valence-electron chi connectivity index (χ3n) is 14.9. The van der Waals surface area contributed by atoms with Gasteiger partial charge >= 0.3 is 17.9 Å². The zero-order chi connectivity index (χ0) is 59.9. The van der Waals surface area contributed by atoms with Gasteiger partial charge in [0.2, 0.25) is 0 Å². The summed E-state index contributed by atoms with van der Waals surface area (Å²) in [5.74, 6) is -0.900. The first-order valence-electron chi connectivity index (χ1n) is 35.0. The summed E-state index contributed by atoms with van der Waals surface area (Å²) in [6.45, 7) is 6.50. The number of allylic oxidation sites excluding steroid dienone is 20. The summed E-state index contributed by atoms with van der Waals surface area (Å²) in [6, 6.07) is 0. The molecule has 0 fully saturated rings. The first kappa shape index (κ1) is 78.8. The first-order chi connectivity index (χ1) is 41.0. The lowest BCUT2D eigenvalue weighted by atomic mass is 10.0. The number of ether oxygens (including phenoxy) is 3. The molecule has 0 N–H and O–H groups in total. The molecule has 6 nitrogen and oxygen atoms in total. The molecule has 0 bridgehead atoms. The quantitative estimate of drug-likeness (QED) is 0.0261. The van der Waals surface area contributed by atoms with Crippen LogP contribution in [-0.4, -0.2) is 37.2 Å². The van der Waals surface area contributed by atoms with Crippen molar-refractivity contribution in [1.82, 2.24) is 0 Å². The lowest BCUT2D eigenvalue weighted by Crippen LogP contribution is -2.30. The van der Waals surface area contributed by atoms with E-state index < -0.39 is 6.10 Å². The molecule has 0 heterocycles. The molecule has 0 aromatic carbocycles. The zero-order valence-electron chi connectivity index (χ0n) is 54.4. The Morgan fingerprint density at radius 2 is 0.470 bits per heavy atom. The van der Waals surface area contributed by atoms with Gasteiger partial charge in [0.15, 0.2) is 6.10 Å². The molecule has 0 aliphatic carbocycles. The Hall–Kier alpha value is -4.19. The van der Waals surface area contributed by atoms with E-state index in [1.807, 2.05) is 0 Å². The highest BCUT2D eigenvalue weighted by Crippen LogP contribution is 2.16. The Morgan fingerprint density at radius 1 is 0.253 bits per heavy atom. The maximum absolute atomic E-state index is 12.9. The van der Waals surface area contributed by atoms with Gasteiger partial charge in [0.05, 0.1) is 0 Å². The van der Waals surface area contributed by atoms with E-state index in [1.165, 1.54) is 154 Å². The van der Waals surface area contributed by atoms with Crippen molar-refractivity contribution >= 4 is 17.9 Å².